The van der Waals surface area contributed by atoms with Crippen LogP contribution < -0.4 is 0 Å². The van der Waals surface area contributed by atoms with Crippen LogP contribution in [-0.4, -0.2) is 26.3 Å². The third-order valence-corrected chi connectivity index (χ3v) is 1.54. The van der Waals surface area contributed by atoms with Crippen molar-refractivity contribution in [1.29, 1.82) is 0 Å². The molecular formula is C7H12O3. The molecule has 0 amide bonds. The molecule has 0 aromatic heterocycles. The minimum atomic E-state index is -0.597. The van der Waals surface area contributed by atoms with E-state index >= 15 is 0 Å². The van der Waals surface area contributed by atoms with Crippen molar-refractivity contribution >= 4 is 0 Å². The maximum absolute atomic E-state index is 5.29. The quantitative estimate of drug-likeness (QED) is 0.539. The molecule has 2 atom stereocenters. The fraction of sp³-hybridized carbons (Fsp3) is 0.714. The fourth-order valence-corrected chi connectivity index (χ4v) is 0.805. The van der Waals surface area contributed by atoms with Crippen molar-refractivity contribution in [3.63, 3.8) is 0 Å². The molecule has 0 aromatic carbocycles. The average molecular weight is 144 g/mol. The van der Waals surface area contributed by atoms with Crippen molar-refractivity contribution in [2.24, 2.45) is 0 Å². The van der Waals surface area contributed by atoms with E-state index in [9.17, 15) is 0 Å². The largest absolute Gasteiger partial charge is 0.352 e. The Hall–Kier alpha value is -0.380. The van der Waals surface area contributed by atoms with Gasteiger partial charge in [0.25, 0.3) is 0 Å². The summed E-state index contributed by atoms with van der Waals surface area (Å²) >= 11 is 0. The number of rotatable bonds is 2. The second-order valence-corrected chi connectivity index (χ2v) is 2.30. The highest BCUT2D eigenvalue weighted by Gasteiger charge is 2.30. The minimum Gasteiger partial charge on any atom is -0.352 e. The van der Waals surface area contributed by atoms with Crippen LogP contribution in [0.5, 0.6) is 0 Å². The van der Waals surface area contributed by atoms with Crippen LogP contribution in [0.25, 0.3) is 0 Å². The van der Waals surface area contributed by atoms with Gasteiger partial charge in [-0.05, 0) is 19.1 Å². The predicted octanol–water partition coefficient (Wildman–Crippen LogP) is 0.908. The Morgan fingerprint density at radius 2 is 2.20 bits per heavy atom. The second kappa shape index (κ2) is 2.70. The molecule has 0 radical (unpaired) electrons. The summed E-state index contributed by atoms with van der Waals surface area (Å²) in [5.41, 5.74) is 0. The Bertz CT molecular complexity index is 144. The minimum absolute atomic E-state index is 0.259. The van der Waals surface area contributed by atoms with Crippen molar-refractivity contribution in [3.8, 4) is 0 Å². The molecule has 3 nitrogen and oxygen atoms in total. The summed E-state index contributed by atoms with van der Waals surface area (Å²) in [5.74, 6) is -0.597. The summed E-state index contributed by atoms with van der Waals surface area (Å²) in [6, 6.07) is 0. The molecule has 1 aliphatic heterocycles. The maximum atomic E-state index is 5.29. The van der Waals surface area contributed by atoms with Crippen LogP contribution in [0.3, 0.4) is 0 Å². The highest BCUT2D eigenvalue weighted by Crippen LogP contribution is 2.23. The number of ether oxygens (including phenoxy) is 3. The summed E-state index contributed by atoms with van der Waals surface area (Å²) < 4.78 is 15.3. The van der Waals surface area contributed by atoms with Crippen LogP contribution in [0.15, 0.2) is 12.2 Å². The van der Waals surface area contributed by atoms with Gasteiger partial charge >= 0.3 is 0 Å². The van der Waals surface area contributed by atoms with E-state index in [4.69, 9.17) is 14.2 Å². The molecule has 10 heavy (non-hydrogen) atoms. The normalized spacial score (nSPS) is 38.9. The lowest BCUT2D eigenvalue weighted by Crippen LogP contribution is -2.28. The van der Waals surface area contributed by atoms with Crippen LogP contribution >= 0.6 is 0 Å². The summed E-state index contributed by atoms with van der Waals surface area (Å²) in [4.78, 5) is 0. The lowest BCUT2D eigenvalue weighted by atomic mass is 10.3. The van der Waals surface area contributed by atoms with Crippen molar-refractivity contribution in [1.82, 2.24) is 0 Å². The SMILES string of the molecule is CO[C@H]1C=C[C@@](C)(OC)O1. The first-order valence-corrected chi connectivity index (χ1v) is 3.15. The van der Waals surface area contributed by atoms with Gasteiger partial charge in [0.1, 0.15) is 0 Å². The molecule has 0 bridgehead atoms. The molecule has 3 heteroatoms. The van der Waals surface area contributed by atoms with Gasteiger partial charge in [0, 0.05) is 14.2 Å². The first-order chi connectivity index (χ1) is 4.70. The van der Waals surface area contributed by atoms with E-state index < -0.39 is 5.79 Å². The molecule has 0 saturated heterocycles. The maximum Gasteiger partial charge on any atom is 0.188 e. The fourth-order valence-electron chi connectivity index (χ4n) is 0.805. The topological polar surface area (TPSA) is 27.7 Å². The van der Waals surface area contributed by atoms with Crippen molar-refractivity contribution in [2.45, 2.75) is 19.0 Å². The molecule has 1 aliphatic rings. The highest BCUT2D eigenvalue weighted by atomic mass is 16.8. The molecule has 0 fully saturated rings. The first-order valence-electron chi connectivity index (χ1n) is 3.15. The lowest BCUT2D eigenvalue weighted by molar-refractivity contribution is -0.232. The van der Waals surface area contributed by atoms with Gasteiger partial charge in [-0.25, -0.2) is 0 Å². The van der Waals surface area contributed by atoms with Gasteiger partial charge in [-0.2, -0.15) is 0 Å². The molecule has 0 spiro atoms. The molecule has 0 aliphatic carbocycles. The van der Waals surface area contributed by atoms with E-state index in [-0.39, 0.29) is 6.29 Å². The lowest BCUT2D eigenvalue weighted by Gasteiger charge is -2.21. The zero-order valence-corrected chi connectivity index (χ0v) is 6.46. The number of methoxy groups -OCH3 is 2. The molecule has 1 heterocycles. The van der Waals surface area contributed by atoms with Crippen LogP contribution in [0.2, 0.25) is 0 Å². The van der Waals surface area contributed by atoms with Crippen LogP contribution in [0, 0.1) is 0 Å². The molecular weight excluding hydrogens is 132 g/mol. The summed E-state index contributed by atoms with van der Waals surface area (Å²) in [5, 5.41) is 0. The smallest absolute Gasteiger partial charge is 0.188 e. The standard InChI is InChI=1S/C7H12O3/c1-7(9-3)5-4-6(8-2)10-7/h4-6H,1-3H3/t6-,7+/m1/s1. The van der Waals surface area contributed by atoms with Crippen LogP contribution in [-0.2, 0) is 14.2 Å². The summed E-state index contributed by atoms with van der Waals surface area (Å²) in [6.07, 6.45) is 3.40. The Kier molecular flexibility index (Phi) is 2.08. The van der Waals surface area contributed by atoms with Crippen molar-refractivity contribution < 1.29 is 14.2 Å². The van der Waals surface area contributed by atoms with Crippen molar-refractivity contribution in [2.75, 3.05) is 14.2 Å². The Balaban J connectivity index is 2.51. The van der Waals surface area contributed by atoms with E-state index in [1.54, 1.807) is 14.2 Å². The summed E-state index contributed by atoms with van der Waals surface area (Å²) in [6.45, 7) is 1.84. The molecule has 0 aromatic rings. The van der Waals surface area contributed by atoms with Gasteiger partial charge in [-0.1, -0.05) is 0 Å². The van der Waals surface area contributed by atoms with Crippen LogP contribution in [0.1, 0.15) is 6.92 Å². The van der Waals surface area contributed by atoms with Gasteiger partial charge in [-0.3, -0.25) is 0 Å². The third-order valence-electron chi connectivity index (χ3n) is 1.54. The monoisotopic (exact) mass is 144 g/mol. The third kappa shape index (κ3) is 1.37. The zero-order chi connectivity index (χ0) is 7.61. The molecule has 58 valence electrons. The molecule has 0 unspecified atom stereocenters. The van der Waals surface area contributed by atoms with Crippen molar-refractivity contribution in [3.05, 3.63) is 12.2 Å². The van der Waals surface area contributed by atoms with E-state index in [0.29, 0.717) is 0 Å². The van der Waals surface area contributed by atoms with Gasteiger partial charge in [0.15, 0.2) is 12.1 Å². The van der Waals surface area contributed by atoms with Gasteiger partial charge in [0.2, 0.25) is 0 Å². The Labute approximate surface area is 60.6 Å². The highest BCUT2D eigenvalue weighted by molar-refractivity contribution is 5.02. The van der Waals surface area contributed by atoms with Gasteiger partial charge < -0.3 is 14.2 Å². The Morgan fingerprint density at radius 1 is 1.50 bits per heavy atom. The number of hydrogen-bond acceptors (Lipinski definition) is 3. The van der Waals surface area contributed by atoms with E-state index in [1.165, 1.54) is 0 Å². The Morgan fingerprint density at radius 3 is 2.50 bits per heavy atom. The van der Waals surface area contributed by atoms with E-state index in [0.717, 1.165) is 0 Å². The zero-order valence-electron chi connectivity index (χ0n) is 6.46. The second-order valence-electron chi connectivity index (χ2n) is 2.30. The molecule has 1 rings (SSSR count). The summed E-state index contributed by atoms with van der Waals surface area (Å²) in [7, 11) is 3.19. The average Bonchev–Trinajstić information content (AvgIpc) is 2.33. The van der Waals surface area contributed by atoms with E-state index in [1.807, 2.05) is 19.1 Å². The molecule has 0 saturated carbocycles. The predicted molar refractivity (Wildman–Crippen MR) is 36.4 cm³/mol. The molecule has 0 N–H and O–H groups in total. The van der Waals surface area contributed by atoms with Gasteiger partial charge in [-0.15, -0.1) is 0 Å². The number of hydrogen-bond donors (Lipinski definition) is 0. The van der Waals surface area contributed by atoms with E-state index in [2.05, 4.69) is 0 Å². The van der Waals surface area contributed by atoms with Gasteiger partial charge in [0.05, 0.1) is 0 Å². The first kappa shape index (κ1) is 7.72. The van der Waals surface area contributed by atoms with Crippen LogP contribution in [0.4, 0.5) is 0 Å².